The SMILES string of the molecule is O=C(O)C(c1ccccc1)c1ccccc1.[Ca+2].[H-].[H-]. The smallest absolute Gasteiger partial charge is 1.00 e. The van der Waals surface area contributed by atoms with Crippen LogP contribution in [0.5, 0.6) is 0 Å². The van der Waals surface area contributed by atoms with Crippen LogP contribution in [0.25, 0.3) is 0 Å². The van der Waals surface area contributed by atoms with Gasteiger partial charge in [-0.15, -0.1) is 0 Å². The maximum Gasteiger partial charge on any atom is 2.00 e. The molecule has 2 rings (SSSR count). The van der Waals surface area contributed by atoms with Crippen molar-refractivity contribution in [1.82, 2.24) is 0 Å². The van der Waals surface area contributed by atoms with Gasteiger partial charge in [0.25, 0.3) is 0 Å². The second kappa shape index (κ2) is 6.80. The number of hydrogen-bond donors (Lipinski definition) is 1. The molecule has 3 heteroatoms. The van der Waals surface area contributed by atoms with E-state index >= 15 is 0 Å². The molecule has 0 fully saturated rings. The Morgan fingerprint density at radius 1 is 0.882 bits per heavy atom. The minimum atomic E-state index is -0.822. The average Bonchev–Trinajstić information content (AvgIpc) is 2.31. The van der Waals surface area contributed by atoms with Crippen molar-refractivity contribution in [3.05, 3.63) is 71.8 Å². The monoisotopic (exact) mass is 254 g/mol. The molecule has 2 aromatic rings. The first kappa shape index (κ1) is 14.2. The second-order valence-electron chi connectivity index (χ2n) is 3.59. The summed E-state index contributed by atoms with van der Waals surface area (Å²) in [4.78, 5) is 11.3. The maximum absolute atomic E-state index is 11.3. The van der Waals surface area contributed by atoms with Gasteiger partial charge in [0.05, 0.1) is 0 Å². The minimum absolute atomic E-state index is 0. The molecule has 0 heterocycles. The molecule has 0 saturated heterocycles. The summed E-state index contributed by atoms with van der Waals surface area (Å²) in [6, 6.07) is 18.5. The van der Waals surface area contributed by atoms with Crippen LogP contribution in [0.2, 0.25) is 0 Å². The summed E-state index contributed by atoms with van der Waals surface area (Å²) in [5.41, 5.74) is 1.61. The van der Waals surface area contributed by atoms with Crippen LogP contribution in [-0.2, 0) is 4.79 Å². The molecule has 0 aliphatic carbocycles. The number of rotatable bonds is 3. The molecule has 0 atom stereocenters. The Morgan fingerprint density at radius 2 is 1.24 bits per heavy atom. The fourth-order valence-electron chi connectivity index (χ4n) is 1.77. The number of benzene rings is 2. The molecule has 1 N–H and O–H groups in total. The standard InChI is InChI=1S/C14H12O2.Ca.2H/c15-14(16)13(11-7-3-1-4-8-11)12-9-5-2-6-10-12;;;/h1-10,13H,(H,15,16);;;/q;+2;2*-1. The van der Waals surface area contributed by atoms with Crippen molar-refractivity contribution in [2.45, 2.75) is 5.92 Å². The summed E-state index contributed by atoms with van der Waals surface area (Å²) in [6.45, 7) is 0. The van der Waals surface area contributed by atoms with E-state index in [1.165, 1.54) is 0 Å². The number of hydrogen-bond acceptors (Lipinski definition) is 1. The molecule has 84 valence electrons. The molecule has 0 spiro atoms. The Balaban J connectivity index is 0. The zero-order valence-electron chi connectivity index (χ0n) is 11.4. The van der Waals surface area contributed by atoms with E-state index in [2.05, 4.69) is 0 Å². The Hall–Kier alpha value is -0.830. The molecular weight excluding hydrogens is 240 g/mol. The summed E-state index contributed by atoms with van der Waals surface area (Å²) >= 11 is 0. The van der Waals surface area contributed by atoms with Crippen LogP contribution >= 0.6 is 0 Å². The third-order valence-electron chi connectivity index (χ3n) is 2.51. The van der Waals surface area contributed by atoms with Gasteiger partial charge in [0.1, 0.15) is 5.92 Å². The molecule has 0 aliphatic heterocycles. The molecule has 0 radical (unpaired) electrons. The van der Waals surface area contributed by atoms with Gasteiger partial charge >= 0.3 is 43.7 Å². The van der Waals surface area contributed by atoms with Gasteiger partial charge in [-0.2, -0.15) is 0 Å². The van der Waals surface area contributed by atoms with Gasteiger partial charge in [-0.05, 0) is 11.1 Å². The number of carbonyl (C=O) groups is 1. The van der Waals surface area contributed by atoms with Gasteiger partial charge < -0.3 is 7.96 Å². The van der Waals surface area contributed by atoms with Gasteiger partial charge in [0, 0.05) is 0 Å². The molecule has 2 nitrogen and oxygen atoms in total. The summed E-state index contributed by atoms with van der Waals surface area (Å²) in [7, 11) is 0. The fourth-order valence-corrected chi connectivity index (χ4v) is 1.77. The normalized spacial score (nSPS) is 9.71. The van der Waals surface area contributed by atoms with Gasteiger partial charge in [-0.1, -0.05) is 60.7 Å². The molecule has 0 unspecified atom stereocenters. The Morgan fingerprint density at radius 3 is 1.53 bits per heavy atom. The fraction of sp³-hybridized carbons (Fsp3) is 0.0714. The quantitative estimate of drug-likeness (QED) is 0.855. The van der Waals surface area contributed by atoms with E-state index < -0.39 is 11.9 Å². The van der Waals surface area contributed by atoms with E-state index in [1.807, 2.05) is 60.7 Å². The average molecular weight is 254 g/mol. The van der Waals surface area contributed by atoms with Crippen LogP contribution < -0.4 is 0 Å². The largest absolute Gasteiger partial charge is 2.00 e. The molecular formula is C14H14CaO2. The maximum atomic E-state index is 11.3. The van der Waals surface area contributed by atoms with E-state index in [-0.39, 0.29) is 40.6 Å². The molecule has 0 saturated carbocycles. The third kappa shape index (κ3) is 3.56. The predicted octanol–water partition coefficient (Wildman–Crippen LogP) is 2.75. The molecule has 17 heavy (non-hydrogen) atoms. The second-order valence-corrected chi connectivity index (χ2v) is 3.59. The van der Waals surface area contributed by atoms with Gasteiger partial charge in [-0.3, -0.25) is 4.79 Å². The summed E-state index contributed by atoms with van der Waals surface area (Å²) in [5.74, 6) is -1.40. The summed E-state index contributed by atoms with van der Waals surface area (Å²) < 4.78 is 0. The van der Waals surface area contributed by atoms with E-state index in [0.717, 1.165) is 11.1 Å². The Kier molecular flexibility index (Phi) is 5.69. The number of aliphatic carboxylic acids is 1. The first-order valence-corrected chi connectivity index (χ1v) is 5.12. The van der Waals surface area contributed by atoms with E-state index in [1.54, 1.807) is 0 Å². The van der Waals surface area contributed by atoms with Crippen LogP contribution in [0.15, 0.2) is 60.7 Å². The molecule has 0 aliphatic rings. The summed E-state index contributed by atoms with van der Waals surface area (Å²) in [5, 5.41) is 9.28. The molecule has 0 aromatic heterocycles. The zero-order chi connectivity index (χ0) is 11.4. The van der Waals surface area contributed by atoms with Crippen LogP contribution in [0.1, 0.15) is 19.9 Å². The van der Waals surface area contributed by atoms with Crippen molar-refractivity contribution in [3.63, 3.8) is 0 Å². The third-order valence-corrected chi connectivity index (χ3v) is 2.51. The van der Waals surface area contributed by atoms with Crippen LogP contribution in [0, 0.1) is 0 Å². The molecule has 0 bridgehead atoms. The Labute approximate surface area is 133 Å². The van der Waals surface area contributed by atoms with Crippen molar-refractivity contribution in [2.75, 3.05) is 0 Å². The number of carboxylic acid groups (broad SMARTS) is 1. The zero-order valence-corrected chi connectivity index (χ0v) is 11.6. The van der Waals surface area contributed by atoms with Crippen LogP contribution in [0.3, 0.4) is 0 Å². The number of carboxylic acids is 1. The van der Waals surface area contributed by atoms with Crippen molar-refractivity contribution in [3.8, 4) is 0 Å². The summed E-state index contributed by atoms with van der Waals surface area (Å²) in [6.07, 6.45) is 0. The van der Waals surface area contributed by atoms with E-state index in [0.29, 0.717) is 0 Å². The van der Waals surface area contributed by atoms with E-state index in [9.17, 15) is 9.90 Å². The topological polar surface area (TPSA) is 37.3 Å². The van der Waals surface area contributed by atoms with Crippen molar-refractivity contribution in [2.24, 2.45) is 0 Å². The van der Waals surface area contributed by atoms with Gasteiger partial charge in [0.15, 0.2) is 0 Å². The first-order valence-electron chi connectivity index (χ1n) is 5.12. The predicted molar refractivity (Wildman–Crippen MR) is 70.3 cm³/mol. The van der Waals surface area contributed by atoms with Crippen molar-refractivity contribution in [1.29, 1.82) is 0 Å². The van der Waals surface area contributed by atoms with Gasteiger partial charge in [-0.25, -0.2) is 0 Å². The molecule has 0 amide bonds. The van der Waals surface area contributed by atoms with E-state index in [4.69, 9.17) is 0 Å². The Bertz CT molecular complexity index is 438. The molecule has 2 aromatic carbocycles. The van der Waals surface area contributed by atoms with Crippen LogP contribution in [-0.4, -0.2) is 48.8 Å². The minimum Gasteiger partial charge on any atom is -1.00 e. The van der Waals surface area contributed by atoms with Gasteiger partial charge in [0.2, 0.25) is 0 Å². The van der Waals surface area contributed by atoms with Crippen molar-refractivity contribution < 1.29 is 12.8 Å². The van der Waals surface area contributed by atoms with Crippen LogP contribution in [0.4, 0.5) is 0 Å². The van der Waals surface area contributed by atoms with Crippen molar-refractivity contribution >= 4 is 43.7 Å². The first-order chi connectivity index (χ1) is 7.79.